The van der Waals surface area contributed by atoms with Crippen molar-refractivity contribution >= 4 is 15.9 Å². The van der Waals surface area contributed by atoms with Crippen molar-refractivity contribution in [2.24, 2.45) is 5.92 Å². The van der Waals surface area contributed by atoms with Crippen molar-refractivity contribution in [3.63, 3.8) is 0 Å². The number of rotatable bonds is 8. The molecule has 2 fully saturated rings. The molecule has 0 unspecified atom stereocenters. The lowest BCUT2D eigenvalue weighted by Crippen LogP contribution is -2.52. The third-order valence-electron chi connectivity index (χ3n) is 6.24. The first-order valence-corrected chi connectivity index (χ1v) is 12.5. The number of aryl methyl sites for hydroxylation is 1. The monoisotopic (exact) mass is 438 g/mol. The maximum Gasteiger partial charge on any atom is 0.240 e. The first-order valence-electron chi connectivity index (χ1n) is 11.0. The van der Waals surface area contributed by atoms with Gasteiger partial charge in [0.05, 0.1) is 23.6 Å². The second-order valence-electron chi connectivity index (χ2n) is 8.46. The lowest BCUT2D eigenvalue weighted by Gasteiger charge is -2.37. The topological polar surface area (TPSA) is 105 Å². The molecule has 1 heterocycles. The summed E-state index contributed by atoms with van der Waals surface area (Å²) in [7, 11) is -3.56. The molecule has 2 aliphatic rings. The average Bonchev–Trinajstić information content (AvgIpc) is 2.75. The van der Waals surface area contributed by atoms with Gasteiger partial charge in [0.25, 0.3) is 0 Å². The molecule has 1 amide bonds. The van der Waals surface area contributed by atoms with Crippen LogP contribution < -0.4 is 10.0 Å². The van der Waals surface area contributed by atoms with Crippen molar-refractivity contribution in [2.45, 2.75) is 81.4 Å². The van der Waals surface area contributed by atoms with Crippen LogP contribution in [0.25, 0.3) is 0 Å². The van der Waals surface area contributed by atoms with Crippen LogP contribution >= 0.6 is 0 Å². The highest BCUT2D eigenvalue weighted by Gasteiger charge is 2.33. The predicted octanol–water partition coefficient (Wildman–Crippen LogP) is 2.27. The fourth-order valence-corrected chi connectivity index (χ4v) is 5.76. The minimum absolute atomic E-state index is 0.0752. The maximum absolute atomic E-state index is 12.5. The van der Waals surface area contributed by atoms with Crippen molar-refractivity contribution < 1.29 is 23.1 Å². The molecule has 1 saturated heterocycles. The van der Waals surface area contributed by atoms with E-state index in [1.165, 1.54) is 6.42 Å². The Labute approximate surface area is 179 Å². The maximum atomic E-state index is 12.5. The fourth-order valence-electron chi connectivity index (χ4n) is 4.46. The van der Waals surface area contributed by atoms with Crippen molar-refractivity contribution in [3.8, 4) is 0 Å². The number of sulfonamides is 1. The molecule has 1 aliphatic carbocycles. The molecule has 1 aliphatic heterocycles. The Morgan fingerprint density at radius 1 is 1.13 bits per heavy atom. The van der Waals surface area contributed by atoms with Gasteiger partial charge >= 0.3 is 0 Å². The van der Waals surface area contributed by atoms with Gasteiger partial charge in [-0.05, 0) is 50.7 Å². The summed E-state index contributed by atoms with van der Waals surface area (Å²) in [5, 5.41) is 12.8. The number of aliphatic hydroxyl groups excluding tert-OH is 1. The molecular weight excluding hydrogens is 404 g/mol. The van der Waals surface area contributed by atoms with Crippen molar-refractivity contribution in [2.75, 3.05) is 13.2 Å². The Hall–Kier alpha value is -1.48. The summed E-state index contributed by atoms with van der Waals surface area (Å²) in [6.45, 7) is 1.87. The van der Waals surface area contributed by atoms with E-state index in [1.54, 1.807) is 25.1 Å². The van der Waals surface area contributed by atoms with E-state index in [2.05, 4.69) is 10.0 Å². The first kappa shape index (κ1) is 23.2. The van der Waals surface area contributed by atoms with Crippen molar-refractivity contribution in [1.82, 2.24) is 10.0 Å². The normalized spacial score (nSPS) is 25.7. The molecule has 3 N–H and O–H groups in total. The number of ether oxygens (including phenoxy) is 1. The highest BCUT2D eigenvalue weighted by atomic mass is 32.2. The molecule has 30 heavy (non-hydrogen) atoms. The van der Waals surface area contributed by atoms with Crippen LogP contribution in [0.2, 0.25) is 0 Å². The lowest BCUT2D eigenvalue weighted by molar-refractivity contribution is -0.132. The minimum Gasteiger partial charge on any atom is -0.394 e. The van der Waals surface area contributed by atoms with Gasteiger partial charge in [0.2, 0.25) is 15.9 Å². The molecule has 7 nitrogen and oxygen atoms in total. The van der Waals surface area contributed by atoms with Gasteiger partial charge < -0.3 is 15.2 Å². The smallest absolute Gasteiger partial charge is 0.240 e. The van der Waals surface area contributed by atoms with E-state index in [4.69, 9.17) is 4.74 Å². The minimum atomic E-state index is -3.56. The number of aliphatic hydroxyl groups is 1. The predicted molar refractivity (Wildman–Crippen MR) is 114 cm³/mol. The largest absolute Gasteiger partial charge is 0.394 e. The number of benzene rings is 1. The zero-order valence-electron chi connectivity index (χ0n) is 17.7. The molecule has 3 rings (SSSR count). The van der Waals surface area contributed by atoms with Crippen LogP contribution in [0.1, 0.15) is 56.9 Å². The zero-order chi connectivity index (χ0) is 21.6. The average molecular weight is 439 g/mol. The van der Waals surface area contributed by atoms with Crippen LogP contribution in [0.5, 0.6) is 0 Å². The molecule has 1 saturated carbocycles. The Kier molecular flexibility index (Phi) is 8.27. The quantitative estimate of drug-likeness (QED) is 0.578. The first-order chi connectivity index (χ1) is 14.4. The summed E-state index contributed by atoms with van der Waals surface area (Å²) in [5.41, 5.74) is 0.704. The van der Waals surface area contributed by atoms with Crippen LogP contribution in [0, 0.1) is 12.8 Å². The highest BCUT2D eigenvalue weighted by molar-refractivity contribution is 7.89. The van der Waals surface area contributed by atoms with E-state index in [1.807, 2.05) is 6.07 Å². The highest BCUT2D eigenvalue weighted by Crippen LogP contribution is 2.26. The summed E-state index contributed by atoms with van der Waals surface area (Å²) < 4.78 is 33.6. The van der Waals surface area contributed by atoms with Crippen LogP contribution in [0.4, 0.5) is 0 Å². The number of carbonyl (C=O) groups excluding carboxylic acids is 1. The van der Waals surface area contributed by atoms with Gasteiger partial charge in [0.15, 0.2) is 0 Å². The Bertz CT molecular complexity index is 808. The van der Waals surface area contributed by atoms with Crippen molar-refractivity contribution in [1.29, 1.82) is 0 Å². The second kappa shape index (κ2) is 10.7. The van der Waals surface area contributed by atoms with E-state index in [-0.39, 0.29) is 42.0 Å². The van der Waals surface area contributed by atoms with Gasteiger partial charge in [-0.15, -0.1) is 0 Å². The van der Waals surface area contributed by atoms with Gasteiger partial charge in [-0.25, -0.2) is 13.1 Å². The SMILES string of the molecule is Cc1ccccc1S(=O)(=O)NCC[C@@H]1CC[C@@H](NC(=O)C2CCCCC2)[C@H](CO)O1. The Balaban J connectivity index is 1.47. The Morgan fingerprint density at radius 2 is 1.87 bits per heavy atom. The molecule has 3 atom stereocenters. The summed E-state index contributed by atoms with van der Waals surface area (Å²) in [6, 6.07) is 6.69. The molecule has 1 aromatic carbocycles. The summed E-state index contributed by atoms with van der Waals surface area (Å²) in [6.07, 6.45) is 6.63. The molecule has 0 aromatic heterocycles. The van der Waals surface area contributed by atoms with E-state index >= 15 is 0 Å². The number of hydrogen-bond acceptors (Lipinski definition) is 5. The van der Waals surface area contributed by atoms with Gasteiger partial charge in [-0.2, -0.15) is 0 Å². The van der Waals surface area contributed by atoms with Crippen LogP contribution in [-0.4, -0.2) is 50.8 Å². The third kappa shape index (κ3) is 6.03. The molecule has 0 spiro atoms. The second-order valence-corrected chi connectivity index (χ2v) is 10.2. The van der Waals surface area contributed by atoms with Crippen molar-refractivity contribution in [3.05, 3.63) is 29.8 Å². The molecule has 1 aromatic rings. The summed E-state index contributed by atoms with van der Waals surface area (Å²) >= 11 is 0. The molecule has 0 radical (unpaired) electrons. The molecule has 0 bridgehead atoms. The molecular formula is C22H34N2O5S. The summed E-state index contributed by atoms with van der Waals surface area (Å²) in [4.78, 5) is 12.8. The van der Waals surface area contributed by atoms with Crippen LogP contribution in [-0.2, 0) is 19.6 Å². The fraction of sp³-hybridized carbons (Fsp3) is 0.682. The van der Waals surface area contributed by atoms with Crippen LogP contribution in [0.3, 0.4) is 0 Å². The number of carbonyl (C=O) groups is 1. The zero-order valence-corrected chi connectivity index (χ0v) is 18.5. The number of amides is 1. The van der Waals surface area contributed by atoms with Gasteiger partial charge in [-0.3, -0.25) is 4.79 Å². The summed E-state index contributed by atoms with van der Waals surface area (Å²) in [5.74, 6) is 0.151. The number of nitrogens with one attached hydrogen (secondary N) is 2. The molecule has 168 valence electrons. The van der Waals surface area contributed by atoms with Gasteiger partial charge in [-0.1, -0.05) is 37.5 Å². The number of hydrogen-bond donors (Lipinski definition) is 3. The lowest BCUT2D eigenvalue weighted by atomic mass is 9.88. The Morgan fingerprint density at radius 3 is 2.57 bits per heavy atom. The van der Waals surface area contributed by atoms with E-state index in [9.17, 15) is 18.3 Å². The standard InChI is InChI=1S/C22H34N2O5S/c1-16-7-5-6-10-21(16)30(27,28)23-14-13-18-11-12-19(20(15-25)29-18)24-22(26)17-8-3-2-4-9-17/h5-7,10,17-20,23,25H,2-4,8-9,11-15H2,1H3,(H,24,26)/t18-,19+,20-/m0/s1. The van der Waals surface area contributed by atoms with Gasteiger partial charge in [0, 0.05) is 12.5 Å². The molecule has 8 heteroatoms. The third-order valence-corrected chi connectivity index (χ3v) is 7.86. The van der Waals surface area contributed by atoms with E-state index < -0.39 is 16.1 Å². The van der Waals surface area contributed by atoms with Crippen LogP contribution in [0.15, 0.2) is 29.2 Å². The van der Waals surface area contributed by atoms with Gasteiger partial charge in [0.1, 0.15) is 6.10 Å². The van der Waals surface area contributed by atoms with E-state index in [0.717, 1.165) is 38.5 Å². The van der Waals surface area contributed by atoms with E-state index in [0.29, 0.717) is 12.0 Å².